The van der Waals surface area contributed by atoms with Crippen LogP contribution in [0.2, 0.25) is 0 Å². The smallest absolute Gasteiger partial charge is 0.430 e. The first-order valence-corrected chi connectivity index (χ1v) is 11.0. The minimum absolute atomic E-state index is 0.0478. The van der Waals surface area contributed by atoms with Gasteiger partial charge in [-0.05, 0) is 24.3 Å². The second-order valence-corrected chi connectivity index (χ2v) is 8.18. The van der Waals surface area contributed by atoms with Gasteiger partial charge in [0.05, 0.1) is 11.9 Å². The molecule has 3 aromatic rings. The highest BCUT2D eigenvalue weighted by molar-refractivity contribution is 6.03. The number of carbonyl (C=O) groups is 2. The SMILES string of the molecule is O=C(Nc1ccc(N2CCN(C(=O)C(O)C(F)(F)F)CC2)nc1)c1oc(-c2ccccc2)nc1C(F)(F)F. The number of nitrogens with one attached hydrogen (secondary N) is 1. The largest absolute Gasteiger partial charge is 0.437 e. The zero-order chi connectivity index (χ0) is 27.7. The lowest BCUT2D eigenvalue weighted by atomic mass is 10.2. The van der Waals surface area contributed by atoms with Crippen molar-refractivity contribution in [2.75, 3.05) is 36.4 Å². The van der Waals surface area contributed by atoms with Gasteiger partial charge in [-0.15, -0.1) is 0 Å². The maximum Gasteiger partial charge on any atom is 0.437 e. The summed E-state index contributed by atoms with van der Waals surface area (Å²) < 4.78 is 83.4. The Kier molecular flexibility index (Phi) is 7.31. The normalized spacial score (nSPS) is 15.3. The van der Waals surface area contributed by atoms with Gasteiger partial charge < -0.3 is 24.6 Å². The molecule has 4 rings (SSSR count). The van der Waals surface area contributed by atoms with Crippen molar-refractivity contribution >= 4 is 23.3 Å². The molecule has 1 aromatic carbocycles. The summed E-state index contributed by atoms with van der Waals surface area (Å²) in [6.07, 6.45) is -11.9. The van der Waals surface area contributed by atoms with Gasteiger partial charge in [0.15, 0.2) is 5.69 Å². The van der Waals surface area contributed by atoms with Crippen LogP contribution in [-0.2, 0) is 11.0 Å². The van der Waals surface area contributed by atoms with E-state index in [9.17, 15) is 35.9 Å². The Hall–Kier alpha value is -4.14. The van der Waals surface area contributed by atoms with Crippen LogP contribution in [0.4, 0.5) is 37.8 Å². The highest BCUT2D eigenvalue weighted by atomic mass is 19.4. The van der Waals surface area contributed by atoms with Gasteiger partial charge in [-0.2, -0.15) is 26.3 Å². The van der Waals surface area contributed by atoms with Crippen LogP contribution in [0, 0.1) is 0 Å². The number of benzene rings is 1. The Balaban J connectivity index is 1.42. The van der Waals surface area contributed by atoms with E-state index >= 15 is 0 Å². The number of amides is 2. The zero-order valence-electron chi connectivity index (χ0n) is 19.3. The predicted molar refractivity (Wildman–Crippen MR) is 120 cm³/mol. The Morgan fingerprint density at radius 1 is 0.974 bits per heavy atom. The molecule has 0 bridgehead atoms. The highest BCUT2D eigenvalue weighted by Gasteiger charge is 2.46. The predicted octanol–water partition coefficient (Wildman–Crippen LogP) is 3.58. The van der Waals surface area contributed by atoms with Crippen LogP contribution in [0.15, 0.2) is 53.1 Å². The first-order valence-electron chi connectivity index (χ1n) is 11.0. The number of aliphatic hydroxyl groups excluding tert-OH is 1. The summed E-state index contributed by atoms with van der Waals surface area (Å²) in [4.78, 5) is 34.6. The molecule has 15 heteroatoms. The minimum atomic E-state index is -5.06. The molecule has 1 atom stereocenters. The Morgan fingerprint density at radius 2 is 1.63 bits per heavy atom. The van der Waals surface area contributed by atoms with Crippen molar-refractivity contribution in [3.63, 3.8) is 0 Å². The average molecular weight is 543 g/mol. The molecule has 1 aliphatic heterocycles. The van der Waals surface area contributed by atoms with Crippen LogP contribution < -0.4 is 10.2 Å². The number of halogens is 6. The summed E-state index contributed by atoms with van der Waals surface area (Å²) in [5, 5.41) is 11.4. The molecule has 0 spiro atoms. The van der Waals surface area contributed by atoms with Crippen molar-refractivity contribution in [3.05, 3.63) is 60.1 Å². The number of aliphatic hydroxyl groups is 1. The second-order valence-electron chi connectivity index (χ2n) is 8.18. The van der Waals surface area contributed by atoms with Gasteiger partial charge in [0.2, 0.25) is 17.8 Å². The monoisotopic (exact) mass is 543 g/mol. The zero-order valence-corrected chi connectivity index (χ0v) is 19.3. The Bertz CT molecular complexity index is 1290. The number of rotatable bonds is 5. The molecular weight excluding hydrogens is 524 g/mol. The van der Waals surface area contributed by atoms with Gasteiger partial charge in [0.25, 0.3) is 11.8 Å². The van der Waals surface area contributed by atoms with E-state index in [2.05, 4.69) is 15.3 Å². The highest BCUT2D eigenvalue weighted by Crippen LogP contribution is 2.35. The van der Waals surface area contributed by atoms with Crippen LogP contribution in [0.25, 0.3) is 11.5 Å². The molecule has 202 valence electrons. The van der Waals surface area contributed by atoms with E-state index in [0.29, 0.717) is 5.82 Å². The van der Waals surface area contributed by atoms with E-state index in [-0.39, 0.29) is 43.3 Å². The fraction of sp³-hybridized carbons (Fsp3) is 0.304. The van der Waals surface area contributed by atoms with E-state index in [4.69, 9.17) is 9.52 Å². The molecule has 1 unspecified atom stereocenters. The number of carbonyl (C=O) groups excluding carboxylic acids is 2. The lowest BCUT2D eigenvalue weighted by molar-refractivity contribution is -0.210. The number of hydrogen-bond donors (Lipinski definition) is 2. The topological polar surface area (TPSA) is 112 Å². The number of alkyl halides is 6. The van der Waals surface area contributed by atoms with E-state index in [1.165, 1.54) is 30.5 Å². The molecule has 0 radical (unpaired) electrons. The molecule has 38 heavy (non-hydrogen) atoms. The Labute approximate surface area is 210 Å². The molecule has 1 fully saturated rings. The third-order valence-electron chi connectivity index (χ3n) is 5.59. The van der Waals surface area contributed by atoms with Gasteiger partial charge in [-0.3, -0.25) is 9.59 Å². The summed E-state index contributed by atoms with van der Waals surface area (Å²) in [5.74, 6) is -3.69. The number of pyridine rings is 1. The number of hydrogen-bond acceptors (Lipinski definition) is 7. The molecule has 2 aromatic heterocycles. The molecule has 2 amide bonds. The van der Waals surface area contributed by atoms with Crippen molar-refractivity contribution in [1.29, 1.82) is 0 Å². The van der Waals surface area contributed by atoms with E-state index in [0.717, 1.165) is 4.90 Å². The van der Waals surface area contributed by atoms with Gasteiger partial charge in [0.1, 0.15) is 5.82 Å². The van der Waals surface area contributed by atoms with E-state index in [1.807, 2.05) is 0 Å². The summed E-state index contributed by atoms with van der Waals surface area (Å²) in [7, 11) is 0. The molecule has 0 saturated carbocycles. The summed E-state index contributed by atoms with van der Waals surface area (Å²) in [5.41, 5.74) is -1.19. The molecule has 3 heterocycles. The number of aromatic nitrogens is 2. The third kappa shape index (κ3) is 5.88. The summed E-state index contributed by atoms with van der Waals surface area (Å²) in [6.45, 7) is 0.0395. The van der Waals surface area contributed by atoms with E-state index < -0.39 is 41.7 Å². The fourth-order valence-corrected chi connectivity index (χ4v) is 3.67. The lowest BCUT2D eigenvalue weighted by Crippen LogP contribution is -2.54. The van der Waals surface area contributed by atoms with Gasteiger partial charge in [-0.25, -0.2) is 9.97 Å². The molecule has 0 aliphatic carbocycles. The summed E-state index contributed by atoms with van der Waals surface area (Å²) >= 11 is 0. The van der Waals surface area contributed by atoms with Gasteiger partial charge in [-0.1, -0.05) is 18.2 Å². The van der Waals surface area contributed by atoms with Crippen molar-refractivity contribution in [1.82, 2.24) is 14.9 Å². The van der Waals surface area contributed by atoms with Gasteiger partial charge in [0, 0.05) is 31.7 Å². The van der Waals surface area contributed by atoms with Crippen LogP contribution in [0.5, 0.6) is 0 Å². The summed E-state index contributed by atoms with van der Waals surface area (Å²) in [6, 6.07) is 10.6. The van der Waals surface area contributed by atoms with Crippen molar-refractivity contribution in [3.8, 4) is 11.5 Å². The maximum atomic E-state index is 13.5. The van der Waals surface area contributed by atoms with Crippen LogP contribution in [0.1, 0.15) is 16.2 Å². The molecule has 2 N–H and O–H groups in total. The second kappa shape index (κ2) is 10.3. The Morgan fingerprint density at radius 3 is 2.18 bits per heavy atom. The van der Waals surface area contributed by atoms with Crippen LogP contribution in [-0.4, -0.2) is 70.2 Å². The van der Waals surface area contributed by atoms with Crippen LogP contribution in [0.3, 0.4) is 0 Å². The first-order chi connectivity index (χ1) is 17.8. The third-order valence-corrected chi connectivity index (χ3v) is 5.59. The molecule has 1 aliphatic rings. The first kappa shape index (κ1) is 26.9. The number of anilines is 2. The van der Waals surface area contributed by atoms with E-state index in [1.54, 1.807) is 23.1 Å². The number of oxazole rings is 1. The molecule has 9 nitrogen and oxygen atoms in total. The fourth-order valence-electron chi connectivity index (χ4n) is 3.67. The standard InChI is InChI=1S/C23H19F6N5O4/c24-22(25,26)17-16(38-20(32-17)13-4-2-1-3-5-13)19(36)31-14-6-7-15(30-12-14)33-8-10-34(11-9-33)21(37)18(35)23(27,28)29/h1-7,12,18,35H,8-11H2,(H,31,36). The van der Waals surface area contributed by atoms with Crippen molar-refractivity contribution < 1.29 is 45.5 Å². The minimum Gasteiger partial charge on any atom is -0.430 e. The number of nitrogens with zero attached hydrogens (tertiary/aromatic N) is 4. The quantitative estimate of drug-likeness (QED) is 0.474. The molecular formula is C23H19F6N5O4. The lowest BCUT2D eigenvalue weighted by Gasteiger charge is -2.36. The molecule has 1 saturated heterocycles. The average Bonchev–Trinajstić information content (AvgIpc) is 3.35. The maximum absolute atomic E-state index is 13.5. The van der Waals surface area contributed by atoms with Crippen molar-refractivity contribution in [2.45, 2.75) is 18.5 Å². The number of piperazine rings is 1. The van der Waals surface area contributed by atoms with Crippen LogP contribution >= 0.6 is 0 Å². The van der Waals surface area contributed by atoms with Crippen molar-refractivity contribution in [2.24, 2.45) is 0 Å². The van der Waals surface area contributed by atoms with Gasteiger partial charge >= 0.3 is 12.4 Å².